The molecule has 3 saturated carbocycles. The first-order chi connectivity index (χ1) is 23.1. The Morgan fingerprint density at radius 1 is 0.898 bits per heavy atom. The minimum absolute atomic E-state index is 0.00219. The van der Waals surface area contributed by atoms with E-state index in [1.807, 2.05) is 27.7 Å². The van der Waals surface area contributed by atoms with E-state index in [-0.39, 0.29) is 55.7 Å². The maximum atomic E-state index is 13.0. The summed E-state index contributed by atoms with van der Waals surface area (Å²) in [4.78, 5) is 38.5. The third-order valence-electron chi connectivity index (χ3n) is 13.1. The number of ketones is 1. The minimum Gasteiger partial charge on any atom is -0.446 e. The van der Waals surface area contributed by atoms with Gasteiger partial charge in [-0.05, 0) is 119 Å². The highest BCUT2D eigenvalue weighted by Gasteiger charge is 2.59. The summed E-state index contributed by atoms with van der Waals surface area (Å²) in [5, 5.41) is 5.50. The van der Waals surface area contributed by atoms with Crippen LogP contribution < -0.4 is 10.6 Å². The third kappa shape index (κ3) is 10.1. The summed E-state index contributed by atoms with van der Waals surface area (Å²) >= 11 is 0. The van der Waals surface area contributed by atoms with Crippen LogP contribution in [0.5, 0.6) is 0 Å². The fraction of sp³-hybridized carbons (Fsp3) is 0.878. The van der Waals surface area contributed by atoms with Crippen LogP contribution in [0, 0.1) is 46.3 Å². The molecule has 4 rings (SSSR count). The summed E-state index contributed by atoms with van der Waals surface area (Å²) in [6.07, 6.45) is 15.2. The van der Waals surface area contributed by atoms with Crippen molar-refractivity contribution in [3.63, 3.8) is 0 Å². The van der Waals surface area contributed by atoms with Gasteiger partial charge in [0.1, 0.15) is 18.8 Å². The highest BCUT2D eigenvalue weighted by molar-refractivity contribution is 5.90. The van der Waals surface area contributed by atoms with E-state index in [4.69, 9.17) is 14.2 Å². The normalized spacial score (nSPS) is 32.2. The van der Waals surface area contributed by atoms with Crippen molar-refractivity contribution >= 4 is 17.8 Å². The van der Waals surface area contributed by atoms with Gasteiger partial charge in [-0.2, -0.15) is 0 Å². The molecule has 0 spiro atoms. The Morgan fingerprint density at radius 2 is 1.63 bits per heavy atom. The Hall–Kier alpha value is -1.93. The van der Waals surface area contributed by atoms with E-state index in [9.17, 15) is 14.4 Å². The van der Waals surface area contributed by atoms with Crippen LogP contribution >= 0.6 is 0 Å². The summed E-state index contributed by atoms with van der Waals surface area (Å²) in [6.45, 7) is 20.0. The van der Waals surface area contributed by atoms with Crippen molar-refractivity contribution in [2.45, 2.75) is 164 Å². The number of rotatable bonds is 17. The van der Waals surface area contributed by atoms with Crippen molar-refractivity contribution in [1.29, 1.82) is 0 Å². The molecule has 2 amide bonds. The molecule has 0 aliphatic heterocycles. The minimum atomic E-state index is -0.880. The van der Waals surface area contributed by atoms with Crippen LogP contribution in [0.25, 0.3) is 0 Å². The quantitative estimate of drug-likeness (QED) is 0.149. The summed E-state index contributed by atoms with van der Waals surface area (Å²) < 4.78 is 16.9. The number of hydrogen-bond acceptors (Lipinski definition) is 6. The molecule has 0 heterocycles. The van der Waals surface area contributed by atoms with E-state index >= 15 is 0 Å². The summed E-state index contributed by atoms with van der Waals surface area (Å²) in [6, 6.07) is -0.880. The summed E-state index contributed by atoms with van der Waals surface area (Å²) in [7, 11) is 0. The number of Topliss-reactive ketones (excluding diaryl/α,β-unsaturated/α-hetero) is 1. The summed E-state index contributed by atoms with van der Waals surface area (Å²) in [5.41, 5.74) is 2.13. The van der Waals surface area contributed by atoms with Gasteiger partial charge in [0.2, 0.25) is 5.91 Å². The molecule has 0 aromatic rings. The van der Waals surface area contributed by atoms with Crippen molar-refractivity contribution in [1.82, 2.24) is 10.6 Å². The first-order valence-corrected chi connectivity index (χ1v) is 19.8. The van der Waals surface area contributed by atoms with Crippen molar-refractivity contribution in [2.24, 2.45) is 46.3 Å². The van der Waals surface area contributed by atoms with Gasteiger partial charge in [0, 0.05) is 19.4 Å². The molecule has 0 bridgehead atoms. The Balaban J connectivity index is 1.32. The predicted octanol–water partition coefficient (Wildman–Crippen LogP) is 8.42. The number of ether oxygens (including phenoxy) is 3. The fourth-order valence-corrected chi connectivity index (χ4v) is 10.4. The molecule has 8 heteroatoms. The van der Waals surface area contributed by atoms with Crippen LogP contribution in [0.4, 0.5) is 4.79 Å². The zero-order valence-electron chi connectivity index (χ0n) is 32.4. The maximum Gasteiger partial charge on any atom is 0.407 e. The highest BCUT2D eigenvalue weighted by atomic mass is 16.6. The Kier molecular flexibility index (Phi) is 14.3. The monoisotopic (exact) mass is 687 g/mol. The Morgan fingerprint density at radius 3 is 2.33 bits per heavy atom. The number of alkyl carbamates (subject to hydrolysis) is 1. The van der Waals surface area contributed by atoms with Crippen LogP contribution in [0.3, 0.4) is 0 Å². The van der Waals surface area contributed by atoms with E-state index in [1.165, 1.54) is 50.5 Å². The zero-order valence-corrected chi connectivity index (χ0v) is 32.4. The molecule has 3 fully saturated rings. The van der Waals surface area contributed by atoms with Crippen molar-refractivity contribution in [3.8, 4) is 0 Å². The van der Waals surface area contributed by atoms with Gasteiger partial charge in [0.15, 0.2) is 5.78 Å². The van der Waals surface area contributed by atoms with Gasteiger partial charge in [-0.15, -0.1) is 0 Å². The van der Waals surface area contributed by atoms with Gasteiger partial charge in [0.05, 0.1) is 18.8 Å². The topological polar surface area (TPSA) is 103 Å². The molecule has 8 nitrogen and oxygen atoms in total. The van der Waals surface area contributed by atoms with Gasteiger partial charge in [0.25, 0.3) is 0 Å². The maximum absolute atomic E-state index is 13.0. The molecule has 9 atom stereocenters. The van der Waals surface area contributed by atoms with E-state index in [1.54, 1.807) is 0 Å². The van der Waals surface area contributed by atoms with E-state index < -0.39 is 18.0 Å². The van der Waals surface area contributed by atoms with Gasteiger partial charge < -0.3 is 24.8 Å². The summed E-state index contributed by atoms with van der Waals surface area (Å²) in [5.74, 6) is 4.18. The van der Waals surface area contributed by atoms with Crippen LogP contribution in [0.2, 0.25) is 0 Å². The van der Waals surface area contributed by atoms with Gasteiger partial charge in [-0.3, -0.25) is 9.59 Å². The standard InChI is InChI=1S/C41H70N2O6/c1-26(2)11-10-12-29(7)33-15-16-34-32-14-13-30-23-31(17-20-40(30,8)35(32)18-21-41(33,34)9)49-39(46)42-24-36(37(44)19-22-47-27(3)4)43-38(45)25-48-28(5)6/h13,26-29,31-36H,10-12,14-25H2,1-9H3,(H,42,46)(H,43,45)/t29-,31+,32+,33-,34+,35+,36?,40+,41-/m1/s1. The SMILES string of the molecule is CC(C)CCC[C@@H](C)[C@H]1CC[C@H]2[C@@H]3CC=C4C[C@@H](OC(=O)NCC(NC(=O)COC(C)C)C(=O)CCOC(C)C)CC[C@]4(C)[C@H]3CC[C@]12C. The van der Waals surface area contributed by atoms with E-state index in [2.05, 4.69) is 51.3 Å². The third-order valence-corrected chi connectivity index (χ3v) is 13.1. The number of nitrogens with one attached hydrogen (secondary N) is 2. The lowest BCUT2D eigenvalue weighted by Gasteiger charge is -2.58. The van der Waals surface area contributed by atoms with Crippen LogP contribution in [0.15, 0.2) is 11.6 Å². The second-order valence-corrected chi connectivity index (χ2v) is 17.6. The number of amides is 2. The second-order valence-electron chi connectivity index (χ2n) is 17.6. The molecule has 4 aliphatic rings. The molecule has 4 aliphatic carbocycles. The molecule has 0 aromatic heterocycles. The largest absolute Gasteiger partial charge is 0.446 e. The average molecular weight is 687 g/mol. The first kappa shape index (κ1) is 39.8. The number of carbonyl (C=O) groups excluding carboxylic acids is 3. The van der Waals surface area contributed by atoms with Crippen LogP contribution in [-0.4, -0.2) is 61.9 Å². The zero-order chi connectivity index (χ0) is 35.9. The molecular weight excluding hydrogens is 616 g/mol. The van der Waals surface area contributed by atoms with Crippen molar-refractivity contribution in [3.05, 3.63) is 11.6 Å². The molecule has 0 aromatic carbocycles. The van der Waals surface area contributed by atoms with E-state index in [0.717, 1.165) is 55.3 Å². The number of carbonyl (C=O) groups is 3. The smallest absolute Gasteiger partial charge is 0.407 e. The molecule has 2 N–H and O–H groups in total. The highest BCUT2D eigenvalue weighted by Crippen LogP contribution is 2.67. The number of allylic oxidation sites excluding steroid dienone is 1. The van der Waals surface area contributed by atoms with Crippen molar-refractivity contribution < 1.29 is 28.6 Å². The van der Waals surface area contributed by atoms with Gasteiger partial charge >= 0.3 is 6.09 Å². The Bertz CT molecular complexity index is 1150. The van der Waals surface area contributed by atoms with Crippen LogP contribution in [-0.2, 0) is 23.8 Å². The lowest BCUT2D eigenvalue weighted by molar-refractivity contribution is -0.132. The number of fused-ring (bicyclic) bond motifs is 5. The Labute approximate surface area is 298 Å². The van der Waals surface area contributed by atoms with E-state index in [0.29, 0.717) is 11.3 Å². The van der Waals surface area contributed by atoms with Crippen LogP contribution in [0.1, 0.15) is 139 Å². The van der Waals surface area contributed by atoms with Gasteiger partial charge in [-0.25, -0.2) is 4.79 Å². The molecule has 280 valence electrons. The molecule has 0 saturated heterocycles. The number of hydrogen-bond donors (Lipinski definition) is 2. The van der Waals surface area contributed by atoms with Gasteiger partial charge in [-0.1, -0.05) is 65.5 Å². The average Bonchev–Trinajstić information content (AvgIpc) is 3.39. The molecule has 49 heavy (non-hydrogen) atoms. The lowest BCUT2D eigenvalue weighted by Crippen LogP contribution is -2.51. The fourth-order valence-electron chi connectivity index (χ4n) is 10.4. The molecule has 1 unspecified atom stereocenters. The molecule has 0 radical (unpaired) electrons. The molecular formula is C41H70N2O6. The predicted molar refractivity (Wildman–Crippen MR) is 195 cm³/mol. The first-order valence-electron chi connectivity index (χ1n) is 19.8. The lowest BCUT2D eigenvalue weighted by atomic mass is 9.47. The second kappa shape index (κ2) is 17.5. The van der Waals surface area contributed by atoms with Crippen molar-refractivity contribution in [2.75, 3.05) is 19.8 Å².